The summed E-state index contributed by atoms with van der Waals surface area (Å²) in [7, 11) is 0. The van der Waals surface area contributed by atoms with E-state index in [1.54, 1.807) is 6.26 Å². The van der Waals surface area contributed by atoms with Gasteiger partial charge in [-0.05, 0) is 25.0 Å². The van der Waals surface area contributed by atoms with Crippen LogP contribution in [0.15, 0.2) is 22.8 Å². The summed E-state index contributed by atoms with van der Waals surface area (Å²) in [5.74, 6) is 1.12. The second kappa shape index (κ2) is 4.62. The highest BCUT2D eigenvalue weighted by molar-refractivity contribution is 5.00. The molecule has 14 heavy (non-hydrogen) atoms. The minimum absolute atomic E-state index is 0.272. The Hall–Kier alpha value is -0.800. The van der Waals surface area contributed by atoms with Gasteiger partial charge in [-0.15, -0.1) is 0 Å². The van der Waals surface area contributed by atoms with Crippen molar-refractivity contribution in [3.05, 3.63) is 24.2 Å². The number of aliphatic hydroxyl groups is 1. The quantitative estimate of drug-likeness (QED) is 0.798. The molecule has 2 rings (SSSR count). The van der Waals surface area contributed by atoms with Crippen LogP contribution in [0.2, 0.25) is 0 Å². The van der Waals surface area contributed by atoms with E-state index in [2.05, 4.69) is 0 Å². The van der Waals surface area contributed by atoms with Crippen LogP contribution in [0.3, 0.4) is 0 Å². The molecule has 1 aromatic rings. The zero-order chi connectivity index (χ0) is 9.80. The summed E-state index contributed by atoms with van der Waals surface area (Å²) >= 11 is 0. The van der Waals surface area contributed by atoms with Crippen LogP contribution >= 0.6 is 0 Å². The first-order chi connectivity index (χ1) is 6.86. The monoisotopic (exact) mass is 196 g/mol. The Kier molecular flexibility index (Phi) is 3.22. The molecule has 2 unspecified atom stereocenters. The van der Waals surface area contributed by atoms with Crippen LogP contribution in [0, 0.1) is 5.92 Å². The van der Waals surface area contributed by atoms with Gasteiger partial charge in [-0.1, -0.05) is 0 Å². The molecule has 0 spiro atoms. The lowest BCUT2D eigenvalue weighted by molar-refractivity contribution is -0.0101. The van der Waals surface area contributed by atoms with E-state index >= 15 is 0 Å². The molecule has 2 atom stereocenters. The molecule has 3 nitrogen and oxygen atoms in total. The van der Waals surface area contributed by atoms with Crippen LogP contribution in [0.4, 0.5) is 0 Å². The molecule has 3 heteroatoms. The normalized spacial score (nSPS) is 24.8. The SMILES string of the molecule is OC(Cc1ccco1)C1CCCOC1. The predicted molar refractivity (Wildman–Crippen MR) is 52.0 cm³/mol. The average Bonchev–Trinajstić information content (AvgIpc) is 2.72. The first kappa shape index (κ1) is 9.74. The highest BCUT2D eigenvalue weighted by Gasteiger charge is 2.23. The minimum atomic E-state index is -0.332. The largest absolute Gasteiger partial charge is 0.469 e. The van der Waals surface area contributed by atoms with E-state index in [0.29, 0.717) is 13.0 Å². The van der Waals surface area contributed by atoms with Gasteiger partial charge in [-0.3, -0.25) is 0 Å². The van der Waals surface area contributed by atoms with Gasteiger partial charge in [0.05, 0.1) is 19.0 Å². The molecule has 78 valence electrons. The van der Waals surface area contributed by atoms with Gasteiger partial charge in [0.15, 0.2) is 0 Å². The van der Waals surface area contributed by atoms with E-state index in [1.165, 1.54) is 0 Å². The molecule has 1 aliphatic heterocycles. The number of rotatable bonds is 3. The molecular weight excluding hydrogens is 180 g/mol. The second-order valence-corrected chi connectivity index (χ2v) is 3.83. The van der Waals surface area contributed by atoms with Gasteiger partial charge < -0.3 is 14.3 Å². The molecule has 1 aliphatic rings. The van der Waals surface area contributed by atoms with Gasteiger partial charge in [-0.25, -0.2) is 0 Å². The summed E-state index contributed by atoms with van der Waals surface area (Å²) in [6.07, 6.45) is 4.02. The number of hydrogen-bond donors (Lipinski definition) is 1. The fourth-order valence-corrected chi connectivity index (χ4v) is 1.87. The van der Waals surface area contributed by atoms with Crippen molar-refractivity contribution >= 4 is 0 Å². The molecule has 0 saturated carbocycles. The lowest BCUT2D eigenvalue weighted by atomic mass is 9.93. The third kappa shape index (κ3) is 2.36. The van der Waals surface area contributed by atoms with Crippen molar-refractivity contribution in [3.8, 4) is 0 Å². The lowest BCUT2D eigenvalue weighted by Gasteiger charge is -2.26. The highest BCUT2D eigenvalue weighted by Crippen LogP contribution is 2.20. The molecule has 2 heterocycles. The van der Waals surface area contributed by atoms with E-state index in [-0.39, 0.29) is 12.0 Å². The van der Waals surface area contributed by atoms with Crippen molar-refractivity contribution in [2.45, 2.75) is 25.4 Å². The van der Waals surface area contributed by atoms with Crippen LogP contribution in [0.5, 0.6) is 0 Å². The molecule has 0 radical (unpaired) electrons. The van der Waals surface area contributed by atoms with Crippen LogP contribution in [-0.4, -0.2) is 24.4 Å². The molecule has 0 aromatic carbocycles. The average molecular weight is 196 g/mol. The Labute approximate surface area is 83.7 Å². The van der Waals surface area contributed by atoms with E-state index < -0.39 is 0 Å². The Morgan fingerprint density at radius 1 is 1.57 bits per heavy atom. The summed E-state index contributed by atoms with van der Waals surface area (Å²) in [6.45, 7) is 1.52. The number of ether oxygens (including phenoxy) is 1. The van der Waals surface area contributed by atoms with Gasteiger partial charge in [0.25, 0.3) is 0 Å². The Balaban J connectivity index is 1.85. The summed E-state index contributed by atoms with van der Waals surface area (Å²) in [4.78, 5) is 0. The van der Waals surface area contributed by atoms with Gasteiger partial charge in [0, 0.05) is 18.9 Å². The Morgan fingerprint density at radius 2 is 2.50 bits per heavy atom. The second-order valence-electron chi connectivity index (χ2n) is 3.83. The zero-order valence-corrected chi connectivity index (χ0v) is 8.19. The maximum absolute atomic E-state index is 9.91. The standard InChI is InChI=1S/C11H16O3/c12-11(7-10-4-2-6-14-10)9-3-1-5-13-8-9/h2,4,6,9,11-12H,1,3,5,7-8H2. The Morgan fingerprint density at radius 3 is 3.14 bits per heavy atom. The van der Waals surface area contributed by atoms with Crippen molar-refractivity contribution in [2.75, 3.05) is 13.2 Å². The van der Waals surface area contributed by atoms with Crippen LogP contribution in [0.25, 0.3) is 0 Å². The van der Waals surface area contributed by atoms with Gasteiger partial charge in [-0.2, -0.15) is 0 Å². The number of aliphatic hydroxyl groups excluding tert-OH is 1. The maximum atomic E-state index is 9.91. The van der Waals surface area contributed by atoms with Crippen molar-refractivity contribution in [1.29, 1.82) is 0 Å². The van der Waals surface area contributed by atoms with E-state index in [9.17, 15) is 5.11 Å². The molecular formula is C11H16O3. The zero-order valence-electron chi connectivity index (χ0n) is 8.19. The minimum Gasteiger partial charge on any atom is -0.469 e. The Bertz CT molecular complexity index is 250. The van der Waals surface area contributed by atoms with Crippen LogP contribution in [-0.2, 0) is 11.2 Å². The molecule has 1 N–H and O–H groups in total. The summed E-state index contributed by atoms with van der Waals surface area (Å²) < 4.78 is 10.5. The first-order valence-electron chi connectivity index (χ1n) is 5.14. The van der Waals surface area contributed by atoms with Gasteiger partial charge in [0.2, 0.25) is 0 Å². The fourth-order valence-electron chi connectivity index (χ4n) is 1.87. The van der Waals surface area contributed by atoms with Crippen molar-refractivity contribution < 1.29 is 14.3 Å². The third-order valence-electron chi connectivity index (χ3n) is 2.73. The molecule has 0 bridgehead atoms. The molecule has 1 fully saturated rings. The lowest BCUT2D eigenvalue weighted by Crippen LogP contribution is -2.30. The number of furan rings is 1. The predicted octanol–water partition coefficient (Wildman–Crippen LogP) is 1.61. The topological polar surface area (TPSA) is 42.6 Å². The summed E-state index contributed by atoms with van der Waals surface area (Å²) in [5.41, 5.74) is 0. The fraction of sp³-hybridized carbons (Fsp3) is 0.636. The summed E-state index contributed by atoms with van der Waals surface area (Å²) in [6, 6.07) is 3.74. The van der Waals surface area contributed by atoms with Crippen LogP contribution in [0.1, 0.15) is 18.6 Å². The van der Waals surface area contributed by atoms with Crippen LogP contribution < -0.4 is 0 Å². The molecule has 0 aliphatic carbocycles. The van der Waals surface area contributed by atoms with E-state index in [4.69, 9.17) is 9.15 Å². The van der Waals surface area contributed by atoms with E-state index in [1.807, 2.05) is 12.1 Å². The van der Waals surface area contributed by atoms with Crippen molar-refractivity contribution in [3.63, 3.8) is 0 Å². The molecule has 1 aromatic heterocycles. The maximum Gasteiger partial charge on any atom is 0.106 e. The first-order valence-corrected chi connectivity index (χ1v) is 5.14. The summed E-state index contributed by atoms with van der Waals surface area (Å²) in [5, 5.41) is 9.91. The van der Waals surface area contributed by atoms with E-state index in [0.717, 1.165) is 25.2 Å². The van der Waals surface area contributed by atoms with Gasteiger partial charge >= 0.3 is 0 Å². The highest BCUT2D eigenvalue weighted by atomic mass is 16.5. The number of hydrogen-bond acceptors (Lipinski definition) is 3. The molecule has 1 saturated heterocycles. The van der Waals surface area contributed by atoms with Crippen molar-refractivity contribution in [1.82, 2.24) is 0 Å². The molecule has 0 amide bonds. The van der Waals surface area contributed by atoms with Crippen molar-refractivity contribution in [2.24, 2.45) is 5.92 Å². The smallest absolute Gasteiger partial charge is 0.106 e. The third-order valence-corrected chi connectivity index (χ3v) is 2.73. The van der Waals surface area contributed by atoms with Gasteiger partial charge in [0.1, 0.15) is 5.76 Å².